The van der Waals surface area contributed by atoms with Gasteiger partial charge in [-0.25, -0.2) is 0 Å². The highest BCUT2D eigenvalue weighted by Crippen LogP contribution is 2.26. The Morgan fingerprint density at radius 1 is 1.20 bits per heavy atom. The molecule has 1 aromatic rings. The van der Waals surface area contributed by atoms with Gasteiger partial charge in [0.15, 0.2) is 0 Å². The number of benzene rings is 1. The first-order valence-electron chi connectivity index (χ1n) is 7.10. The maximum Gasteiger partial charge on any atom is 0.200 e. The van der Waals surface area contributed by atoms with Crippen LogP contribution in [0.25, 0.3) is 0 Å². The summed E-state index contributed by atoms with van der Waals surface area (Å²) in [5.41, 5.74) is 2.80. The number of rotatable bonds is 7. The minimum atomic E-state index is 0. The van der Waals surface area contributed by atoms with E-state index in [-0.39, 0.29) is 16.5 Å². The Morgan fingerprint density at radius 2 is 1.75 bits per heavy atom. The highest BCUT2D eigenvalue weighted by Gasteiger charge is 2.33. The topological polar surface area (TPSA) is 0 Å². The van der Waals surface area contributed by atoms with Crippen LogP contribution in [0, 0.1) is 19.3 Å². The van der Waals surface area contributed by atoms with Gasteiger partial charge in [0.2, 0.25) is 4.05 Å². The molecule has 0 bridgehead atoms. The number of alkyl halides is 1. The average molecular weight is 406 g/mol. The molecule has 1 unspecified atom stereocenters. The fraction of sp³-hybridized carbons (Fsp3) is 0.529. The van der Waals surface area contributed by atoms with Crippen molar-refractivity contribution in [1.29, 1.82) is 0 Å². The number of hydrogen-bond donors (Lipinski definition) is 0. The Labute approximate surface area is 144 Å². The number of quaternary nitrogens is 1. The summed E-state index contributed by atoms with van der Waals surface area (Å²) in [6.07, 6.45) is 8.08. The van der Waals surface area contributed by atoms with Crippen LogP contribution in [-0.2, 0) is 6.54 Å². The minimum absolute atomic E-state index is 0. The van der Waals surface area contributed by atoms with Crippen molar-refractivity contribution in [1.82, 2.24) is 0 Å². The van der Waals surface area contributed by atoms with Gasteiger partial charge in [-0.05, 0) is 31.2 Å². The normalized spacial score (nSPS) is 12.3. The molecule has 0 aliphatic heterocycles. The molecule has 1 nitrogen and oxygen atoms in total. The lowest BCUT2D eigenvalue weighted by molar-refractivity contribution is -0.940. The van der Waals surface area contributed by atoms with Crippen molar-refractivity contribution < 1.29 is 16.9 Å². The lowest BCUT2D eigenvalue weighted by atomic mass is 10.1. The van der Waals surface area contributed by atoms with Crippen LogP contribution in [0.4, 0.5) is 0 Å². The minimum Gasteiger partial charge on any atom is -1.00 e. The molecule has 20 heavy (non-hydrogen) atoms. The molecule has 0 aliphatic carbocycles. The molecular formula is C17H25ClIN. The van der Waals surface area contributed by atoms with Gasteiger partial charge in [-0.3, -0.25) is 4.48 Å². The fourth-order valence-electron chi connectivity index (χ4n) is 2.75. The van der Waals surface area contributed by atoms with E-state index in [0.29, 0.717) is 0 Å². The summed E-state index contributed by atoms with van der Waals surface area (Å²) in [4.78, 5) is 0. The summed E-state index contributed by atoms with van der Waals surface area (Å²) in [7, 11) is 0. The molecule has 0 heterocycles. The molecule has 0 amide bonds. The van der Waals surface area contributed by atoms with Gasteiger partial charge < -0.3 is 12.4 Å². The predicted octanol–water partition coefficient (Wildman–Crippen LogP) is 1.53. The van der Waals surface area contributed by atoms with E-state index < -0.39 is 0 Å². The van der Waals surface area contributed by atoms with Gasteiger partial charge in [-0.2, -0.15) is 0 Å². The molecule has 0 radical (unpaired) electrons. The molecule has 0 spiro atoms. The predicted molar refractivity (Wildman–Crippen MR) is 92.1 cm³/mol. The zero-order chi connectivity index (χ0) is 14.3. The molecule has 0 saturated heterocycles. The van der Waals surface area contributed by atoms with Crippen molar-refractivity contribution in [2.45, 2.75) is 44.2 Å². The van der Waals surface area contributed by atoms with Gasteiger partial charge in [-0.15, -0.1) is 6.42 Å². The van der Waals surface area contributed by atoms with E-state index in [9.17, 15) is 0 Å². The Kier molecular flexibility index (Phi) is 9.54. The third kappa shape index (κ3) is 4.95. The van der Waals surface area contributed by atoms with Gasteiger partial charge >= 0.3 is 0 Å². The first-order chi connectivity index (χ1) is 9.09. The average Bonchev–Trinajstić information content (AvgIpc) is 2.41. The molecule has 1 aromatic carbocycles. The molecule has 3 heteroatoms. The summed E-state index contributed by atoms with van der Waals surface area (Å²) in [5.74, 6) is 2.97. The van der Waals surface area contributed by atoms with Gasteiger partial charge in [0.1, 0.15) is 6.54 Å². The van der Waals surface area contributed by atoms with Gasteiger partial charge in [0, 0.05) is 28.2 Å². The molecule has 0 saturated carbocycles. The first-order valence-corrected chi connectivity index (χ1v) is 8.34. The zero-order valence-corrected chi connectivity index (χ0v) is 15.6. The van der Waals surface area contributed by atoms with Crippen molar-refractivity contribution in [2.24, 2.45) is 0 Å². The Bertz CT molecular complexity index is 433. The largest absolute Gasteiger partial charge is 1.00 e. The maximum atomic E-state index is 5.74. The maximum absolute atomic E-state index is 5.74. The number of halogens is 2. The quantitative estimate of drug-likeness (QED) is 0.212. The Morgan fingerprint density at radius 3 is 2.20 bits per heavy atom. The van der Waals surface area contributed by atoms with Crippen molar-refractivity contribution in [3.8, 4) is 12.3 Å². The second-order valence-electron chi connectivity index (χ2n) is 5.25. The fourth-order valence-corrected chi connectivity index (χ4v) is 3.51. The van der Waals surface area contributed by atoms with Crippen molar-refractivity contribution in [3.63, 3.8) is 0 Å². The Hall–Kier alpha value is -0.240. The second-order valence-corrected chi connectivity index (χ2v) is 6.43. The number of hydrogen-bond acceptors (Lipinski definition) is 0. The van der Waals surface area contributed by atoms with Gasteiger partial charge in [0.05, 0.1) is 13.1 Å². The number of aryl methyl sites for hydroxylation is 1. The van der Waals surface area contributed by atoms with Gasteiger partial charge in [0.25, 0.3) is 0 Å². The summed E-state index contributed by atoms with van der Waals surface area (Å²) >= 11 is 2.44. The number of terminal acetylenes is 1. The summed E-state index contributed by atoms with van der Waals surface area (Å²) in [5, 5.41) is 0. The SMILES string of the molecule is C#CC(I)[N+](CCC)(CCC)Cc1ccccc1C.[Cl-]. The van der Waals surface area contributed by atoms with Gasteiger partial charge in [-0.1, -0.05) is 38.1 Å². The van der Waals surface area contributed by atoms with E-state index in [0.717, 1.165) is 24.1 Å². The summed E-state index contributed by atoms with van der Waals surface area (Å²) in [6.45, 7) is 10.0. The van der Waals surface area contributed by atoms with Crippen LogP contribution in [0.1, 0.15) is 37.8 Å². The lowest BCUT2D eigenvalue weighted by Crippen LogP contribution is -3.00. The molecule has 112 valence electrons. The summed E-state index contributed by atoms with van der Waals surface area (Å²) in [6, 6.07) is 8.68. The lowest BCUT2D eigenvalue weighted by Gasteiger charge is -2.41. The Balaban J connectivity index is 0.00000361. The standard InChI is InChI=1S/C17H25IN.ClH/c1-5-12-19(13-6-2,17(18)7-3)14-16-11-9-8-10-15(16)4;/h3,8-11,17H,5-6,12-14H2,1-2,4H3;1H/q+1;/p-1. The van der Waals surface area contributed by atoms with Crippen LogP contribution in [0.3, 0.4) is 0 Å². The van der Waals surface area contributed by atoms with E-state index in [4.69, 9.17) is 6.42 Å². The van der Waals surface area contributed by atoms with E-state index in [1.165, 1.54) is 24.0 Å². The van der Waals surface area contributed by atoms with Crippen LogP contribution < -0.4 is 12.4 Å². The van der Waals surface area contributed by atoms with Crippen LogP contribution in [-0.4, -0.2) is 21.6 Å². The molecule has 0 aliphatic rings. The molecule has 1 atom stereocenters. The van der Waals surface area contributed by atoms with E-state index in [1.807, 2.05) is 0 Å². The van der Waals surface area contributed by atoms with Crippen LogP contribution in [0.15, 0.2) is 24.3 Å². The van der Waals surface area contributed by atoms with Crippen LogP contribution >= 0.6 is 22.6 Å². The van der Waals surface area contributed by atoms with Crippen LogP contribution in [0.5, 0.6) is 0 Å². The summed E-state index contributed by atoms with van der Waals surface area (Å²) < 4.78 is 1.26. The zero-order valence-electron chi connectivity index (χ0n) is 12.7. The van der Waals surface area contributed by atoms with E-state index in [1.54, 1.807) is 0 Å². The third-order valence-electron chi connectivity index (χ3n) is 3.70. The highest BCUT2D eigenvalue weighted by atomic mass is 127. The van der Waals surface area contributed by atoms with Crippen molar-refractivity contribution in [3.05, 3.63) is 35.4 Å². The number of nitrogens with zero attached hydrogens (tertiary/aromatic N) is 1. The van der Waals surface area contributed by atoms with Crippen LogP contribution in [0.2, 0.25) is 0 Å². The molecule has 0 fully saturated rings. The van der Waals surface area contributed by atoms with Crippen molar-refractivity contribution in [2.75, 3.05) is 13.1 Å². The smallest absolute Gasteiger partial charge is 0.200 e. The molecule has 0 N–H and O–H groups in total. The van der Waals surface area contributed by atoms with E-state index in [2.05, 4.69) is 73.5 Å². The third-order valence-corrected chi connectivity index (χ3v) is 5.24. The van der Waals surface area contributed by atoms with Crippen molar-refractivity contribution >= 4 is 22.6 Å². The molecule has 0 aromatic heterocycles. The van der Waals surface area contributed by atoms with E-state index >= 15 is 0 Å². The molecular weight excluding hydrogens is 381 g/mol. The second kappa shape index (κ2) is 9.65. The monoisotopic (exact) mass is 405 g/mol. The first kappa shape index (κ1) is 19.8. The molecule has 1 rings (SSSR count). The highest BCUT2D eigenvalue weighted by molar-refractivity contribution is 14.1.